The molecule has 1 aromatic rings. The number of hydrogen-bond acceptors (Lipinski definition) is 2. The highest BCUT2D eigenvalue weighted by Crippen LogP contribution is 2.39. The molecule has 1 aliphatic carbocycles. The number of halogens is 1. The van der Waals surface area contributed by atoms with E-state index >= 15 is 0 Å². The SMILES string of the molecule is CCCNC(C)c1ccc(SC2CCCC(C)C2)c(Br)c1. The molecule has 1 saturated carbocycles. The highest BCUT2D eigenvalue weighted by molar-refractivity contribution is 9.10. The Morgan fingerprint density at radius 2 is 2.19 bits per heavy atom. The molecule has 0 aliphatic heterocycles. The van der Waals surface area contributed by atoms with E-state index in [4.69, 9.17) is 0 Å². The van der Waals surface area contributed by atoms with E-state index in [9.17, 15) is 0 Å². The minimum Gasteiger partial charge on any atom is -0.310 e. The van der Waals surface area contributed by atoms with Crippen molar-refractivity contribution >= 4 is 27.7 Å². The summed E-state index contributed by atoms with van der Waals surface area (Å²) in [7, 11) is 0. The predicted molar refractivity (Wildman–Crippen MR) is 98.1 cm³/mol. The average Bonchev–Trinajstić information content (AvgIpc) is 2.47. The number of nitrogens with one attached hydrogen (secondary N) is 1. The Morgan fingerprint density at radius 1 is 1.38 bits per heavy atom. The predicted octanol–water partition coefficient (Wildman–Crippen LogP) is 6.18. The van der Waals surface area contributed by atoms with Crippen LogP contribution in [0.4, 0.5) is 0 Å². The second-order valence-electron chi connectivity index (χ2n) is 6.38. The van der Waals surface area contributed by atoms with E-state index in [1.54, 1.807) is 0 Å². The van der Waals surface area contributed by atoms with Gasteiger partial charge in [0.2, 0.25) is 0 Å². The van der Waals surface area contributed by atoms with Crippen LogP contribution >= 0.6 is 27.7 Å². The van der Waals surface area contributed by atoms with E-state index in [1.807, 2.05) is 0 Å². The van der Waals surface area contributed by atoms with Crippen LogP contribution in [0.1, 0.15) is 64.5 Å². The lowest BCUT2D eigenvalue weighted by Gasteiger charge is -2.26. The Labute approximate surface area is 142 Å². The number of hydrogen-bond donors (Lipinski definition) is 1. The van der Waals surface area contributed by atoms with E-state index in [0.29, 0.717) is 6.04 Å². The summed E-state index contributed by atoms with van der Waals surface area (Å²) in [5, 5.41) is 4.35. The van der Waals surface area contributed by atoms with Gasteiger partial charge in [0.1, 0.15) is 0 Å². The molecule has 118 valence electrons. The van der Waals surface area contributed by atoms with Gasteiger partial charge in [0.15, 0.2) is 0 Å². The summed E-state index contributed by atoms with van der Waals surface area (Å²) in [6.45, 7) is 7.93. The zero-order valence-electron chi connectivity index (χ0n) is 13.5. The highest BCUT2D eigenvalue weighted by Gasteiger charge is 2.20. The van der Waals surface area contributed by atoms with Crippen molar-refractivity contribution < 1.29 is 0 Å². The standard InChI is InChI=1S/C18H28BrNS/c1-4-10-20-14(3)15-8-9-18(17(19)12-15)21-16-7-5-6-13(2)11-16/h8-9,12-14,16,20H,4-7,10-11H2,1-3H3. The summed E-state index contributed by atoms with van der Waals surface area (Å²) in [6.07, 6.45) is 6.73. The minimum atomic E-state index is 0.426. The van der Waals surface area contributed by atoms with Crippen molar-refractivity contribution in [1.29, 1.82) is 0 Å². The second kappa shape index (κ2) is 8.59. The van der Waals surface area contributed by atoms with Crippen LogP contribution in [0.15, 0.2) is 27.6 Å². The lowest BCUT2D eigenvalue weighted by molar-refractivity contribution is 0.394. The van der Waals surface area contributed by atoms with Gasteiger partial charge in [-0.15, -0.1) is 11.8 Å². The smallest absolute Gasteiger partial charge is 0.0314 e. The summed E-state index contributed by atoms with van der Waals surface area (Å²) < 4.78 is 1.26. The maximum atomic E-state index is 3.78. The Morgan fingerprint density at radius 3 is 2.86 bits per heavy atom. The molecule has 3 heteroatoms. The molecule has 2 rings (SSSR count). The highest BCUT2D eigenvalue weighted by atomic mass is 79.9. The van der Waals surface area contributed by atoms with Gasteiger partial charge in [0.25, 0.3) is 0 Å². The second-order valence-corrected chi connectivity index (χ2v) is 8.57. The monoisotopic (exact) mass is 369 g/mol. The van der Waals surface area contributed by atoms with E-state index < -0.39 is 0 Å². The van der Waals surface area contributed by atoms with Gasteiger partial charge in [-0.1, -0.05) is 32.8 Å². The molecule has 0 bridgehead atoms. The van der Waals surface area contributed by atoms with Crippen molar-refractivity contribution in [3.05, 3.63) is 28.2 Å². The molecular formula is C18H28BrNS. The number of thioether (sulfide) groups is 1. The maximum Gasteiger partial charge on any atom is 0.0314 e. The molecule has 21 heavy (non-hydrogen) atoms. The Hall–Kier alpha value is 0.01000. The van der Waals surface area contributed by atoms with Crippen LogP contribution < -0.4 is 5.32 Å². The summed E-state index contributed by atoms with van der Waals surface area (Å²) in [5.41, 5.74) is 1.37. The van der Waals surface area contributed by atoms with Crippen molar-refractivity contribution in [3.63, 3.8) is 0 Å². The van der Waals surface area contributed by atoms with Crippen molar-refractivity contribution in [2.75, 3.05) is 6.54 Å². The third-order valence-electron chi connectivity index (χ3n) is 4.34. The zero-order chi connectivity index (χ0) is 15.2. The molecule has 0 radical (unpaired) electrons. The number of rotatable bonds is 6. The van der Waals surface area contributed by atoms with Crippen LogP contribution in [0.2, 0.25) is 0 Å². The first-order valence-electron chi connectivity index (χ1n) is 8.29. The Bertz CT molecular complexity index is 449. The Balaban J connectivity index is 1.98. The van der Waals surface area contributed by atoms with Gasteiger partial charge in [-0.05, 0) is 72.3 Å². The lowest BCUT2D eigenvalue weighted by Crippen LogP contribution is -2.19. The van der Waals surface area contributed by atoms with Crippen LogP contribution in [0.5, 0.6) is 0 Å². The summed E-state index contributed by atoms with van der Waals surface area (Å²) >= 11 is 5.84. The molecule has 1 nitrogen and oxygen atoms in total. The van der Waals surface area contributed by atoms with Crippen molar-refractivity contribution in [1.82, 2.24) is 5.32 Å². The van der Waals surface area contributed by atoms with Crippen LogP contribution in [0, 0.1) is 5.92 Å². The van der Waals surface area contributed by atoms with E-state index in [1.165, 1.54) is 47.0 Å². The molecule has 1 aliphatic rings. The van der Waals surface area contributed by atoms with E-state index in [0.717, 1.165) is 17.7 Å². The number of benzene rings is 1. The van der Waals surface area contributed by atoms with Gasteiger partial charge < -0.3 is 5.32 Å². The van der Waals surface area contributed by atoms with Gasteiger partial charge in [-0.3, -0.25) is 0 Å². The molecule has 1 fully saturated rings. The van der Waals surface area contributed by atoms with Gasteiger partial charge in [0.05, 0.1) is 0 Å². The van der Waals surface area contributed by atoms with Crippen molar-refractivity contribution in [2.45, 2.75) is 69.1 Å². The van der Waals surface area contributed by atoms with Gasteiger partial charge in [-0.25, -0.2) is 0 Å². The zero-order valence-corrected chi connectivity index (χ0v) is 15.9. The molecule has 1 aromatic carbocycles. The minimum absolute atomic E-state index is 0.426. The summed E-state index contributed by atoms with van der Waals surface area (Å²) in [5.74, 6) is 0.896. The fourth-order valence-electron chi connectivity index (χ4n) is 3.03. The van der Waals surface area contributed by atoms with Crippen molar-refractivity contribution in [2.24, 2.45) is 5.92 Å². The lowest BCUT2D eigenvalue weighted by atomic mass is 9.91. The molecule has 0 aromatic heterocycles. The summed E-state index contributed by atoms with van der Waals surface area (Å²) in [4.78, 5) is 1.40. The van der Waals surface area contributed by atoms with Gasteiger partial charge >= 0.3 is 0 Å². The molecule has 0 amide bonds. The first-order valence-corrected chi connectivity index (χ1v) is 9.97. The van der Waals surface area contributed by atoms with Gasteiger partial charge in [0, 0.05) is 20.7 Å². The molecular weight excluding hydrogens is 342 g/mol. The van der Waals surface area contributed by atoms with Crippen LogP contribution in [-0.2, 0) is 0 Å². The third kappa shape index (κ3) is 5.30. The first-order chi connectivity index (χ1) is 10.1. The fourth-order valence-corrected chi connectivity index (χ4v) is 5.09. The fraction of sp³-hybridized carbons (Fsp3) is 0.667. The average molecular weight is 370 g/mol. The first kappa shape index (κ1) is 17.4. The summed E-state index contributed by atoms with van der Waals surface area (Å²) in [6, 6.07) is 7.30. The van der Waals surface area contributed by atoms with E-state index in [-0.39, 0.29) is 0 Å². The normalized spacial score (nSPS) is 24.0. The van der Waals surface area contributed by atoms with Crippen LogP contribution in [-0.4, -0.2) is 11.8 Å². The van der Waals surface area contributed by atoms with E-state index in [2.05, 4.69) is 72.0 Å². The van der Waals surface area contributed by atoms with Gasteiger partial charge in [-0.2, -0.15) is 0 Å². The molecule has 0 spiro atoms. The molecule has 1 N–H and O–H groups in total. The molecule has 0 saturated heterocycles. The Kier molecular flexibility index (Phi) is 7.11. The van der Waals surface area contributed by atoms with Crippen LogP contribution in [0.25, 0.3) is 0 Å². The largest absolute Gasteiger partial charge is 0.310 e. The van der Waals surface area contributed by atoms with Crippen LogP contribution in [0.3, 0.4) is 0 Å². The molecule has 0 heterocycles. The maximum absolute atomic E-state index is 3.78. The molecule has 3 atom stereocenters. The molecule has 3 unspecified atom stereocenters. The quantitative estimate of drug-likeness (QED) is 0.642. The van der Waals surface area contributed by atoms with Crippen molar-refractivity contribution in [3.8, 4) is 0 Å². The third-order valence-corrected chi connectivity index (χ3v) is 6.63. The topological polar surface area (TPSA) is 12.0 Å².